The van der Waals surface area contributed by atoms with Crippen LogP contribution in [0.1, 0.15) is 46.0 Å². The van der Waals surface area contributed by atoms with Gasteiger partial charge < -0.3 is 5.11 Å². The molecule has 1 heteroatoms. The second-order valence-electron chi connectivity index (χ2n) is 3.86. The van der Waals surface area contributed by atoms with Gasteiger partial charge in [-0.05, 0) is 25.7 Å². The van der Waals surface area contributed by atoms with Crippen molar-refractivity contribution >= 4 is 0 Å². The fraction of sp³-hybridized carbons (Fsp3) is 1.00. The summed E-state index contributed by atoms with van der Waals surface area (Å²) < 4.78 is 0. The van der Waals surface area contributed by atoms with E-state index in [1.165, 1.54) is 25.7 Å². The van der Waals surface area contributed by atoms with Gasteiger partial charge in [0.1, 0.15) is 0 Å². The molecule has 1 rings (SSSR count). The van der Waals surface area contributed by atoms with Crippen LogP contribution in [0, 0.1) is 5.92 Å². The van der Waals surface area contributed by atoms with Gasteiger partial charge in [0.05, 0.1) is 5.60 Å². The summed E-state index contributed by atoms with van der Waals surface area (Å²) in [5, 5.41) is 9.82. The van der Waals surface area contributed by atoms with E-state index < -0.39 is 0 Å². The summed E-state index contributed by atoms with van der Waals surface area (Å²) in [6, 6.07) is 0. The van der Waals surface area contributed by atoms with E-state index in [1.807, 2.05) is 6.92 Å². The van der Waals surface area contributed by atoms with E-state index >= 15 is 0 Å². The molecule has 0 unspecified atom stereocenters. The van der Waals surface area contributed by atoms with Crippen LogP contribution in [-0.4, -0.2) is 10.7 Å². The van der Waals surface area contributed by atoms with E-state index in [1.54, 1.807) is 0 Å². The number of hydrogen-bond acceptors (Lipinski definition) is 1. The molecule has 0 aromatic carbocycles. The maximum absolute atomic E-state index is 9.82. The summed E-state index contributed by atoms with van der Waals surface area (Å²) in [5.74, 6) is 0.495. The molecule has 0 saturated heterocycles. The monoisotopic (exact) mass is 142 g/mol. The number of hydrogen-bond donors (Lipinski definition) is 1. The summed E-state index contributed by atoms with van der Waals surface area (Å²) >= 11 is 0. The largest absolute Gasteiger partial charge is 0.390 e. The van der Waals surface area contributed by atoms with Gasteiger partial charge >= 0.3 is 0 Å². The van der Waals surface area contributed by atoms with Crippen LogP contribution in [-0.2, 0) is 0 Å². The van der Waals surface area contributed by atoms with Gasteiger partial charge in [0.15, 0.2) is 0 Å². The molecule has 0 aliphatic heterocycles. The van der Waals surface area contributed by atoms with Crippen LogP contribution in [0.5, 0.6) is 0 Å². The molecule has 1 N–H and O–H groups in total. The minimum atomic E-state index is -0.378. The molecule has 0 bridgehead atoms. The van der Waals surface area contributed by atoms with Gasteiger partial charge in [0, 0.05) is 0 Å². The lowest BCUT2D eigenvalue weighted by atomic mass is 9.87. The molecule has 1 aliphatic rings. The second-order valence-corrected chi connectivity index (χ2v) is 3.86. The van der Waals surface area contributed by atoms with Gasteiger partial charge in [-0.3, -0.25) is 0 Å². The first kappa shape index (κ1) is 8.06. The molecule has 1 nitrogen and oxygen atoms in total. The molecular weight excluding hydrogens is 124 g/mol. The van der Waals surface area contributed by atoms with E-state index in [-0.39, 0.29) is 5.60 Å². The van der Waals surface area contributed by atoms with Crippen molar-refractivity contribution in [2.45, 2.75) is 51.6 Å². The Kier molecular flexibility index (Phi) is 2.35. The minimum Gasteiger partial charge on any atom is -0.390 e. The third-order valence-corrected chi connectivity index (χ3v) is 2.88. The fourth-order valence-electron chi connectivity index (χ4n) is 1.67. The first-order valence-corrected chi connectivity index (χ1v) is 4.35. The quantitative estimate of drug-likeness (QED) is 0.515. The molecule has 0 spiro atoms. The van der Waals surface area contributed by atoms with Crippen LogP contribution in [0.2, 0.25) is 0 Å². The summed E-state index contributed by atoms with van der Waals surface area (Å²) in [6.07, 6.45) is 6.01. The summed E-state index contributed by atoms with van der Waals surface area (Å²) in [6.45, 7) is 4.13. The van der Waals surface area contributed by atoms with Gasteiger partial charge in [0.25, 0.3) is 0 Å². The minimum absolute atomic E-state index is 0.378. The molecule has 10 heavy (non-hydrogen) atoms. The molecule has 0 amide bonds. The van der Waals surface area contributed by atoms with Gasteiger partial charge in [-0.15, -0.1) is 0 Å². The zero-order valence-electron chi connectivity index (χ0n) is 7.06. The van der Waals surface area contributed by atoms with Crippen LogP contribution in [0.25, 0.3) is 0 Å². The van der Waals surface area contributed by atoms with Gasteiger partial charge in [-0.1, -0.05) is 26.2 Å². The first-order valence-electron chi connectivity index (χ1n) is 4.35. The predicted molar refractivity (Wildman–Crippen MR) is 42.9 cm³/mol. The molecule has 1 fully saturated rings. The smallest absolute Gasteiger partial charge is 0.0645 e. The van der Waals surface area contributed by atoms with Crippen LogP contribution in [0.4, 0.5) is 0 Å². The lowest BCUT2D eigenvalue weighted by Crippen LogP contribution is -2.31. The van der Waals surface area contributed by atoms with E-state index in [4.69, 9.17) is 0 Å². The maximum Gasteiger partial charge on any atom is 0.0645 e. The highest BCUT2D eigenvalue weighted by atomic mass is 16.3. The highest BCUT2D eigenvalue weighted by molar-refractivity contribution is 4.81. The van der Waals surface area contributed by atoms with Gasteiger partial charge in [0.2, 0.25) is 0 Å². The summed E-state index contributed by atoms with van der Waals surface area (Å²) in [5.41, 5.74) is -0.378. The first-order chi connectivity index (χ1) is 4.63. The van der Waals surface area contributed by atoms with Crippen molar-refractivity contribution in [3.8, 4) is 0 Å². The lowest BCUT2D eigenvalue weighted by molar-refractivity contribution is 0.000446. The van der Waals surface area contributed by atoms with Crippen molar-refractivity contribution in [2.75, 3.05) is 0 Å². The Morgan fingerprint density at radius 3 is 2.70 bits per heavy atom. The molecule has 0 aromatic heterocycles. The molecule has 0 aromatic rings. The molecule has 1 aliphatic carbocycles. The van der Waals surface area contributed by atoms with E-state index in [0.717, 1.165) is 6.42 Å². The van der Waals surface area contributed by atoms with Crippen molar-refractivity contribution in [1.29, 1.82) is 0 Å². The number of aliphatic hydroxyl groups is 1. The van der Waals surface area contributed by atoms with Crippen molar-refractivity contribution in [1.82, 2.24) is 0 Å². The predicted octanol–water partition coefficient (Wildman–Crippen LogP) is 2.34. The molecule has 2 atom stereocenters. The highest BCUT2D eigenvalue weighted by Crippen LogP contribution is 2.31. The Bertz CT molecular complexity index is 107. The van der Waals surface area contributed by atoms with Gasteiger partial charge in [-0.2, -0.15) is 0 Å². The van der Waals surface area contributed by atoms with Crippen LogP contribution in [0.15, 0.2) is 0 Å². The third kappa shape index (κ3) is 1.72. The van der Waals surface area contributed by atoms with Crippen molar-refractivity contribution in [2.24, 2.45) is 5.92 Å². The zero-order valence-corrected chi connectivity index (χ0v) is 7.06. The molecule has 0 radical (unpaired) electrons. The summed E-state index contributed by atoms with van der Waals surface area (Å²) in [4.78, 5) is 0. The van der Waals surface area contributed by atoms with Crippen molar-refractivity contribution < 1.29 is 5.11 Å². The Balaban J connectivity index is 2.52. The molecular formula is C9H18O. The molecule has 1 saturated carbocycles. The van der Waals surface area contributed by atoms with E-state index in [0.29, 0.717) is 5.92 Å². The van der Waals surface area contributed by atoms with Crippen LogP contribution >= 0.6 is 0 Å². The molecule has 0 heterocycles. The topological polar surface area (TPSA) is 20.2 Å². The lowest BCUT2D eigenvalue weighted by Gasteiger charge is -2.27. The van der Waals surface area contributed by atoms with Crippen molar-refractivity contribution in [3.05, 3.63) is 0 Å². The van der Waals surface area contributed by atoms with Crippen LogP contribution < -0.4 is 0 Å². The summed E-state index contributed by atoms with van der Waals surface area (Å²) in [7, 11) is 0. The molecule has 60 valence electrons. The Morgan fingerprint density at radius 1 is 1.30 bits per heavy atom. The van der Waals surface area contributed by atoms with Gasteiger partial charge in [-0.25, -0.2) is 0 Å². The van der Waals surface area contributed by atoms with Crippen molar-refractivity contribution in [3.63, 3.8) is 0 Å². The fourth-order valence-corrected chi connectivity index (χ4v) is 1.67. The highest BCUT2D eigenvalue weighted by Gasteiger charge is 2.28. The normalized spacial score (nSPS) is 42.9. The third-order valence-electron chi connectivity index (χ3n) is 2.88. The SMILES string of the molecule is C[C@H]1CCCCC[C@]1(C)O. The maximum atomic E-state index is 9.82. The van der Waals surface area contributed by atoms with Crippen LogP contribution in [0.3, 0.4) is 0 Å². The van der Waals surface area contributed by atoms with E-state index in [2.05, 4.69) is 6.92 Å². The second kappa shape index (κ2) is 2.91. The Morgan fingerprint density at radius 2 is 2.00 bits per heavy atom. The van der Waals surface area contributed by atoms with E-state index in [9.17, 15) is 5.11 Å². The average molecular weight is 142 g/mol. The zero-order chi connectivity index (χ0) is 7.61. The Labute approximate surface area is 63.4 Å². The average Bonchev–Trinajstić information content (AvgIpc) is 1.96. The number of rotatable bonds is 0. The standard InChI is InChI=1S/C9H18O/c1-8-6-4-3-5-7-9(8,2)10/h8,10H,3-7H2,1-2H3/t8-,9-/m0/s1. The Hall–Kier alpha value is -0.0400.